The second-order valence-electron chi connectivity index (χ2n) is 4.89. The van der Waals surface area contributed by atoms with Gasteiger partial charge in [-0.05, 0) is 31.1 Å². The van der Waals surface area contributed by atoms with E-state index in [1.165, 1.54) is 0 Å². The molecular formula is C14H20NO3Si. The van der Waals surface area contributed by atoms with E-state index >= 15 is 0 Å². The van der Waals surface area contributed by atoms with Crippen LogP contribution in [0.4, 0.5) is 0 Å². The molecule has 0 aromatic heterocycles. The third-order valence-electron chi connectivity index (χ3n) is 2.55. The summed E-state index contributed by atoms with van der Waals surface area (Å²) >= 11 is 0. The lowest BCUT2D eigenvalue weighted by molar-refractivity contribution is -0.137. The molecule has 0 aliphatic heterocycles. The largest absolute Gasteiger partial charge is 0.517 e. The van der Waals surface area contributed by atoms with Crippen molar-refractivity contribution in [2.75, 3.05) is 0 Å². The van der Waals surface area contributed by atoms with Crippen LogP contribution in [-0.2, 0) is 9.22 Å². The van der Waals surface area contributed by atoms with Gasteiger partial charge in [0.25, 0.3) is 14.9 Å². The second-order valence-corrected chi connectivity index (χ2v) is 6.91. The standard InChI is InChI=1S/C14H20NO3Si/c1-10(2)12(14(17)18-19(3)4)15-13(16)11-8-6-5-7-9-11/h5-10,12H,1-4H3,(H,15,16)/t12-/m0/s1. The minimum atomic E-state index is -1.11. The summed E-state index contributed by atoms with van der Waals surface area (Å²) in [4.78, 5) is 24.0. The molecule has 1 rings (SSSR count). The molecule has 0 bridgehead atoms. The number of nitrogens with one attached hydrogen (secondary N) is 1. The first kappa shape index (κ1) is 15.4. The van der Waals surface area contributed by atoms with Crippen LogP contribution in [0.25, 0.3) is 0 Å². The van der Waals surface area contributed by atoms with E-state index in [9.17, 15) is 9.59 Å². The molecule has 1 radical (unpaired) electrons. The summed E-state index contributed by atoms with van der Waals surface area (Å²) < 4.78 is 5.26. The molecule has 0 aliphatic carbocycles. The summed E-state index contributed by atoms with van der Waals surface area (Å²) in [5.74, 6) is -0.614. The maximum atomic E-state index is 12.0. The van der Waals surface area contributed by atoms with Crippen molar-refractivity contribution in [3.63, 3.8) is 0 Å². The summed E-state index contributed by atoms with van der Waals surface area (Å²) in [6.45, 7) is 7.54. The molecule has 0 unspecified atom stereocenters. The lowest BCUT2D eigenvalue weighted by Gasteiger charge is -2.22. The first-order valence-electron chi connectivity index (χ1n) is 6.29. The number of carbonyl (C=O) groups is 2. The maximum Gasteiger partial charge on any atom is 0.315 e. The van der Waals surface area contributed by atoms with Gasteiger partial charge in [0, 0.05) is 5.56 Å². The molecule has 0 saturated heterocycles. The Hall–Kier alpha value is -1.62. The summed E-state index contributed by atoms with van der Waals surface area (Å²) in [5.41, 5.74) is 0.541. The molecular weight excluding hydrogens is 258 g/mol. The molecule has 1 aromatic rings. The van der Waals surface area contributed by atoms with Gasteiger partial charge in [-0.15, -0.1) is 0 Å². The van der Waals surface area contributed by atoms with E-state index in [0.29, 0.717) is 5.56 Å². The zero-order chi connectivity index (χ0) is 14.4. The van der Waals surface area contributed by atoms with Gasteiger partial charge in [0.1, 0.15) is 6.04 Å². The molecule has 0 heterocycles. The summed E-state index contributed by atoms with van der Waals surface area (Å²) in [7, 11) is -1.11. The lowest BCUT2D eigenvalue weighted by Crippen LogP contribution is -2.46. The van der Waals surface area contributed by atoms with Crippen LogP contribution in [0.3, 0.4) is 0 Å². The molecule has 0 aliphatic rings. The van der Waals surface area contributed by atoms with Gasteiger partial charge < -0.3 is 9.74 Å². The zero-order valence-corrected chi connectivity index (χ0v) is 12.8. The van der Waals surface area contributed by atoms with Crippen LogP contribution in [0.2, 0.25) is 13.1 Å². The number of carbonyl (C=O) groups excluding carboxylic acids is 2. The monoisotopic (exact) mass is 278 g/mol. The Morgan fingerprint density at radius 1 is 1.16 bits per heavy atom. The third-order valence-corrected chi connectivity index (χ3v) is 3.16. The van der Waals surface area contributed by atoms with E-state index in [4.69, 9.17) is 4.43 Å². The van der Waals surface area contributed by atoms with Gasteiger partial charge in [0.15, 0.2) is 0 Å². The maximum absolute atomic E-state index is 12.0. The Morgan fingerprint density at radius 2 is 1.74 bits per heavy atom. The average Bonchev–Trinajstić information content (AvgIpc) is 2.35. The van der Waals surface area contributed by atoms with Crippen molar-refractivity contribution in [2.45, 2.75) is 33.0 Å². The topological polar surface area (TPSA) is 55.4 Å². The van der Waals surface area contributed by atoms with Gasteiger partial charge >= 0.3 is 5.97 Å². The molecule has 1 aromatic carbocycles. The number of hydrogen-bond donors (Lipinski definition) is 1. The molecule has 1 amide bonds. The van der Waals surface area contributed by atoms with Crippen molar-refractivity contribution in [3.8, 4) is 0 Å². The number of hydrogen-bond acceptors (Lipinski definition) is 3. The van der Waals surface area contributed by atoms with Crippen molar-refractivity contribution in [1.29, 1.82) is 0 Å². The Kier molecular flexibility index (Phi) is 5.76. The number of amides is 1. The first-order chi connectivity index (χ1) is 8.91. The highest BCUT2D eigenvalue weighted by atomic mass is 28.3. The summed E-state index contributed by atoms with van der Waals surface area (Å²) in [5, 5.41) is 2.74. The van der Waals surface area contributed by atoms with Crippen molar-refractivity contribution in [2.24, 2.45) is 5.92 Å². The van der Waals surface area contributed by atoms with Crippen LogP contribution in [-0.4, -0.2) is 27.0 Å². The van der Waals surface area contributed by atoms with Gasteiger partial charge in [0.2, 0.25) is 0 Å². The molecule has 1 atom stereocenters. The highest BCUT2D eigenvalue weighted by Gasteiger charge is 2.26. The molecule has 4 nitrogen and oxygen atoms in total. The highest BCUT2D eigenvalue weighted by molar-refractivity contribution is 6.50. The molecule has 103 valence electrons. The number of benzene rings is 1. The molecule has 1 N–H and O–H groups in total. The van der Waals surface area contributed by atoms with Crippen molar-refractivity contribution in [1.82, 2.24) is 5.32 Å². The zero-order valence-electron chi connectivity index (χ0n) is 11.8. The Labute approximate surface area is 115 Å². The number of rotatable bonds is 5. The second kappa shape index (κ2) is 7.09. The van der Waals surface area contributed by atoms with Gasteiger partial charge in [-0.1, -0.05) is 32.0 Å². The smallest absolute Gasteiger partial charge is 0.315 e. The van der Waals surface area contributed by atoms with Crippen LogP contribution >= 0.6 is 0 Å². The molecule has 0 fully saturated rings. The fourth-order valence-electron chi connectivity index (χ4n) is 1.58. The van der Waals surface area contributed by atoms with Crippen molar-refractivity contribution in [3.05, 3.63) is 35.9 Å². The van der Waals surface area contributed by atoms with Crippen molar-refractivity contribution >= 4 is 20.9 Å². The molecule has 19 heavy (non-hydrogen) atoms. The van der Waals surface area contributed by atoms with Gasteiger partial charge in [-0.25, -0.2) is 0 Å². The van der Waals surface area contributed by atoms with Crippen LogP contribution in [0.1, 0.15) is 24.2 Å². The normalized spacial score (nSPS) is 12.3. The molecule has 0 saturated carbocycles. The lowest BCUT2D eigenvalue weighted by atomic mass is 10.0. The third kappa shape index (κ3) is 4.87. The van der Waals surface area contributed by atoms with E-state index in [0.717, 1.165) is 0 Å². The Bertz CT molecular complexity index is 432. The van der Waals surface area contributed by atoms with E-state index in [1.807, 2.05) is 33.0 Å². The fourth-order valence-corrected chi connectivity index (χ4v) is 2.11. The quantitative estimate of drug-likeness (QED) is 0.840. The average molecular weight is 278 g/mol. The van der Waals surface area contributed by atoms with E-state index < -0.39 is 15.1 Å². The first-order valence-corrected chi connectivity index (χ1v) is 8.70. The van der Waals surface area contributed by atoms with Crippen LogP contribution < -0.4 is 5.32 Å². The van der Waals surface area contributed by atoms with E-state index in [-0.39, 0.29) is 17.8 Å². The minimum absolute atomic E-state index is 0.0125. The molecule has 0 spiro atoms. The van der Waals surface area contributed by atoms with Gasteiger partial charge in [-0.3, -0.25) is 9.59 Å². The predicted molar refractivity (Wildman–Crippen MR) is 76.1 cm³/mol. The fraction of sp³-hybridized carbons (Fsp3) is 0.429. The SMILES string of the molecule is CC(C)[C@H](NC(=O)c1ccccc1)C(=O)O[Si](C)C. The minimum Gasteiger partial charge on any atom is -0.517 e. The van der Waals surface area contributed by atoms with E-state index in [2.05, 4.69) is 5.32 Å². The molecule has 5 heteroatoms. The van der Waals surface area contributed by atoms with Crippen LogP contribution in [0.15, 0.2) is 30.3 Å². The highest BCUT2D eigenvalue weighted by Crippen LogP contribution is 2.07. The summed E-state index contributed by atoms with van der Waals surface area (Å²) in [6.07, 6.45) is 0. The van der Waals surface area contributed by atoms with Crippen LogP contribution in [0.5, 0.6) is 0 Å². The summed E-state index contributed by atoms with van der Waals surface area (Å²) in [6, 6.07) is 8.24. The van der Waals surface area contributed by atoms with Crippen molar-refractivity contribution < 1.29 is 14.0 Å². The van der Waals surface area contributed by atoms with Crippen LogP contribution in [0, 0.1) is 5.92 Å². The van der Waals surface area contributed by atoms with Gasteiger partial charge in [-0.2, -0.15) is 0 Å². The predicted octanol–water partition coefficient (Wildman–Crippen LogP) is 2.24. The Balaban J connectivity index is 2.74. The Morgan fingerprint density at radius 3 is 2.21 bits per heavy atom. The van der Waals surface area contributed by atoms with Gasteiger partial charge in [0.05, 0.1) is 0 Å². The van der Waals surface area contributed by atoms with E-state index in [1.54, 1.807) is 24.3 Å².